The molecule has 1 heterocycles. The second-order valence-electron chi connectivity index (χ2n) is 11.0. The third kappa shape index (κ3) is 8.39. The summed E-state index contributed by atoms with van der Waals surface area (Å²) in [6, 6.07) is 8.80. The molecule has 2 atom stereocenters. The highest BCUT2D eigenvalue weighted by Crippen LogP contribution is 2.39. The van der Waals surface area contributed by atoms with Gasteiger partial charge in [-0.1, -0.05) is 53.9 Å². The summed E-state index contributed by atoms with van der Waals surface area (Å²) in [6.45, 7) is 5.64. The molecule has 1 saturated heterocycles. The van der Waals surface area contributed by atoms with Gasteiger partial charge in [-0.2, -0.15) is 13.2 Å². The molecule has 2 aromatic rings. The summed E-state index contributed by atoms with van der Waals surface area (Å²) in [5, 5.41) is 0.288. The van der Waals surface area contributed by atoms with E-state index in [1.54, 1.807) is 25.2 Å². The van der Waals surface area contributed by atoms with Crippen LogP contribution in [0.25, 0.3) is 0 Å². The average Bonchev–Trinajstić information content (AvgIpc) is 2.91. The maximum atomic E-state index is 14.3. The van der Waals surface area contributed by atoms with E-state index in [1.807, 2.05) is 13.8 Å². The largest absolute Gasteiger partial charge is 0.417 e. The summed E-state index contributed by atoms with van der Waals surface area (Å²) in [7, 11) is -1.69. The van der Waals surface area contributed by atoms with Crippen molar-refractivity contribution in [1.29, 1.82) is 0 Å². The molecule has 0 spiro atoms. The highest BCUT2D eigenvalue weighted by atomic mass is 35.5. The van der Waals surface area contributed by atoms with Crippen molar-refractivity contribution < 1.29 is 26.4 Å². The van der Waals surface area contributed by atoms with Crippen LogP contribution in [0.2, 0.25) is 15.1 Å². The van der Waals surface area contributed by atoms with Crippen molar-refractivity contribution in [2.24, 2.45) is 5.92 Å². The molecule has 0 aromatic heterocycles. The van der Waals surface area contributed by atoms with Crippen LogP contribution < -0.4 is 0 Å². The molecule has 3 rings (SSSR count). The zero-order chi connectivity index (χ0) is 30.8. The summed E-state index contributed by atoms with van der Waals surface area (Å²) in [6.07, 6.45) is -1.03. The minimum Gasteiger partial charge on any atom is -0.303 e. The summed E-state index contributed by atoms with van der Waals surface area (Å²) in [5.41, 5.74) is -0.838. The summed E-state index contributed by atoms with van der Waals surface area (Å²) in [5.74, 6) is -0.639. The predicted octanol–water partition coefficient (Wildman–Crippen LogP) is 7.51. The molecule has 2 aromatic carbocycles. The van der Waals surface area contributed by atoms with Gasteiger partial charge in [0.1, 0.15) is 5.78 Å². The molecule has 0 N–H and O–H groups in total. The Morgan fingerprint density at radius 3 is 2.20 bits per heavy atom. The fraction of sp³-hybridized carbons (Fsp3) is 0.552. The topological polar surface area (TPSA) is 57.7 Å². The summed E-state index contributed by atoms with van der Waals surface area (Å²) >= 11 is 18.3. The number of rotatable bonds is 11. The van der Waals surface area contributed by atoms with E-state index in [0.29, 0.717) is 66.5 Å². The smallest absolute Gasteiger partial charge is 0.303 e. The van der Waals surface area contributed by atoms with Gasteiger partial charge in [0, 0.05) is 19.0 Å². The zero-order valence-corrected chi connectivity index (χ0v) is 26.7. The Morgan fingerprint density at radius 2 is 1.66 bits per heavy atom. The molecule has 2 unspecified atom stereocenters. The van der Waals surface area contributed by atoms with Crippen molar-refractivity contribution in [3.05, 3.63) is 68.2 Å². The van der Waals surface area contributed by atoms with E-state index in [4.69, 9.17) is 34.8 Å². The van der Waals surface area contributed by atoms with Gasteiger partial charge in [-0.05, 0) is 94.1 Å². The zero-order valence-electron chi connectivity index (χ0n) is 23.6. The number of Topliss-reactive ketones (excluding diaryl/α,β-unsaturated/α-hetero) is 1. The van der Waals surface area contributed by atoms with Gasteiger partial charge in [0.05, 0.1) is 32.3 Å². The van der Waals surface area contributed by atoms with Crippen molar-refractivity contribution in [3.63, 3.8) is 0 Å². The lowest BCUT2D eigenvalue weighted by Gasteiger charge is -2.38. The molecule has 12 heteroatoms. The Balaban J connectivity index is 1.85. The molecular weight excluding hydrogens is 620 g/mol. The van der Waals surface area contributed by atoms with Crippen LogP contribution in [0.15, 0.2) is 36.4 Å². The molecule has 228 valence electrons. The third-order valence-corrected chi connectivity index (χ3v) is 10.7. The number of hydrogen-bond acceptors (Lipinski definition) is 4. The minimum atomic E-state index is -4.60. The highest BCUT2D eigenvalue weighted by molar-refractivity contribution is 7.88. The monoisotopic (exact) mass is 654 g/mol. The average molecular weight is 656 g/mol. The van der Waals surface area contributed by atoms with E-state index in [9.17, 15) is 26.4 Å². The van der Waals surface area contributed by atoms with Gasteiger partial charge in [0.25, 0.3) is 0 Å². The lowest BCUT2D eigenvalue weighted by Crippen LogP contribution is -2.47. The summed E-state index contributed by atoms with van der Waals surface area (Å²) < 4.78 is 65.8. The molecule has 5 nitrogen and oxygen atoms in total. The van der Waals surface area contributed by atoms with Crippen LogP contribution in [0, 0.1) is 5.92 Å². The molecule has 0 aliphatic carbocycles. The second-order valence-corrected chi connectivity index (χ2v) is 14.3. The van der Waals surface area contributed by atoms with Gasteiger partial charge in [-0.25, -0.2) is 12.7 Å². The standard InChI is InChI=1S/C29H36Cl3F3N2O3S/c1-5-20(16-19-6-8-24(30)23(17-19)29(33,34)35)27(38)28(2,21-7-9-25(31)26(32)18-21)12-15-37-13-10-22(11-14-37)36(3)41(4,39)40/h6-9,17-18,20,22H,5,10-16H2,1-4H3. The van der Waals surface area contributed by atoms with Gasteiger partial charge in [-0.15, -0.1) is 0 Å². The number of hydrogen-bond donors (Lipinski definition) is 0. The molecule has 0 radical (unpaired) electrons. The number of carbonyl (C=O) groups is 1. The SMILES string of the molecule is CCC(Cc1ccc(Cl)c(C(F)(F)F)c1)C(=O)C(C)(CCN1CCC(N(C)S(C)(=O)=O)CC1)c1ccc(Cl)c(Cl)c1. The third-order valence-electron chi connectivity index (χ3n) is 8.30. The van der Waals surface area contributed by atoms with Gasteiger partial charge >= 0.3 is 6.18 Å². The molecule has 0 amide bonds. The fourth-order valence-electron chi connectivity index (χ4n) is 5.48. The first kappa shape index (κ1) is 34.1. The minimum absolute atomic E-state index is 0.0743. The Labute approximate surface area is 256 Å². The molecule has 41 heavy (non-hydrogen) atoms. The maximum absolute atomic E-state index is 14.3. The van der Waals surface area contributed by atoms with Gasteiger partial charge in [0.2, 0.25) is 10.0 Å². The normalized spacial score (nSPS) is 17.9. The molecule has 1 aliphatic rings. The Morgan fingerprint density at radius 1 is 1.05 bits per heavy atom. The first-order valence-corrected chi connectivity index (χ1v) is 16.5. The molecular formula is C29H36Cl3F3N2O3S. The van der Waals surface area contributed by atoms with Gasteiger partial charge in [-0.3, -0.25) is 4.79 Å². The van der Waals surface area contributed by atoms with Crippen molar-refractivity contribution in [2.75, 3.05) is 32.9 Å². The molecule has 1 aliphatic heterocycles. The molecule has 0 saturated carbocycles. The van der Waals surface area contributed by atoms with Crippen LogP contribution in [0.4, 0.5) is 13.2 Å². The first-order chi connectivity index (χ1) is 19.0. The van der Waals surface area contributed by atoms with E-state index < -0.39 is 33.1 Å². The molecule has 0 bridgehead atoms. The summed E-state index contributed by atoms with van der Waals surface area (Å²) in [4.78, 5) is 16.5. The maximum Gasteiger partial charge on any atom is 0.417 e. The fourth-order valence-corrected chi connectivity index (χ4v) is 6.76. The number of sulfonamides is 1. The molecule has 1 fully saturated rings. The van der Waals surface area contributed by atoms with E-state index in [1.165, 1.54) is 22.7 Å². The van der Waals surface area contributed by atoms with Crippen molar-refractivity contribution in [2.45, 2.75) is 63.6 Å². The van der Waals surface area contributed by atoms with Crippen LogP contribution in [0.3, 0.4) is 0 Å². The van der Waals surface area contributed by atoms with Crippen LogP contribution in [0.5, 0.6) is 0 Å². The Bertz CT molecular complexity index is 1350. The van der Waals surface area contributed by atoms with Gasteiger partial charge in [0.15, 0.2) is 0 Å². The number of likely N-dealkylation sites (tertiary alicyclic amines) is 1. The number of piperidine rings is 1. The predicted molar refractivity (Wildman–Crippen MR) is 159 cm³/mol. The quantitative estimate of drug-likeness (QED) is 0.252. The van der Waals surface area contributed by atoms with Crippen LogP contribution in [0.1, 0.15) is 56.2 Å². The van der Waals surface area contributed by atoms with Crippen molar-refractivity contribution >= 4 is 50.6 Å². The van der Waals surface area contributed by atoms with E-state index >= 15 is 0 Å². The van der Waals surface area contributed by atoms with E-state index in [2.05, 4.69) is 4.90 Å². The highest BCUT2D eigenvalue weighted by Gasteiger charge is 2.40. The van der Waals surface area contributed by atoms with Crippen LogP contribution in [-0.4, -0.2) is 62.4 Å². The van der Waals surface area contributed by atoms with Gasteiger partial charge < -0.3 is 4.90 Å². The first-order valence-electron chi connectivity index (χ1n) is 13.5. The van der Waals surface area contributed by atoms with E-state index in [0.717, 1.165) is 6.07 Å². The Kier molecular flexibility index (Phi) is 11.3. The number of benzene rings is 2. The van der Waals surface area contributed by atoms with Crippen LogP contribution in [-0.2, 0) is 32.8 Å². The lowest BCUT2D eigenvalue weighted by molar-refractivity contribution is -0.137. The number of nitrogens with zero attached hydrogens (tertiary/aromatic N) is 2. The number of halogens is 6. The van der Waals surface area contributed by atoms with E-state index in [-0.39, 0.29) is 23.3 Å². The van der Waals surface area contributed by atoms with Crippen LogP contribution >= 0.6 is 34.8 Å². The number of carbonyl (C=O) groups excluding carboxylic acids is 1. The van der Waals surface area contributed by atoms with Crippen molar-refractivity contribution in [3.8, 4) is 0 Å². The number of alkyl halides is 3. The second kappa shape index (κ2) is 13.5. The number of ketones is 1. The lowest BCUT2D eigenvalue weighted by atomic mass is 9.70. The van der Waals surface area contributed by atoms with Crippen molar-refractivity contribution in [1.82, 2.24) is 9.21 Å². The Hall–Kier alpha value is -1.36.